The lowest BCUT2D eigenvalue weighted by molar-refractivity contribution is 0.0994. The fourth-order valence-electron chi connectivity index (χ4n) is 1.85. The molecule has 1 aromatic rings. The zero-order valence-corrected chi connectivity index (χ0v) is 8.67. The minimum absolute atomic E-state index is 0.0415. The molecule has 1 unspecified atom stereocenters. The van der Waals surface area contributed by atoms with Crippen molar-refractivity contribution in [3.63, 3.8) is 0 Å². The molecule has 0 aliphatic heterocycles. The van der Waals surface area contributed by atoms with E-state index in [1.165, 1.54) is 12.1 Å². The second-order valence-corrected chi connectivity index (χ2v) is 4.44. The van der Waals surface area contributed by atoms with Crippen LogP contribution in [0.25, 0.3) is 0 Å². The molecule has 80 valence electrons. The number of hydrogen-bond donors (Lipinski definition) is 1. The number of rotatable bonds is 2. The Bertz CT molecular complexity index is 485. The lowest BCUT2D eigenvalue weighted by Crippen LogP contribution is -2.00. The van der Waals surface area contributed by atoms with Gasteiger partial charge in [-0.3, -0.25) is 4.79 Å². The number of fused-ring (bicyclic) bond motifs is 1. The fraction of sp³-hybridized carbons (Fsp3) is 0.300. The zero-order valence-electron chi connectivity index (χ0n) is 7.77. The molecule has 0 aromatic heterocycles. The normalized spacial score (nSPS) is 16.8. The molecule has 2 rings (SSSR count). The van der Waals surface area contributed by atoms with Crippen molar-refractivity contribution in [2.75, 3.05) is 0 Å². The highest BCUT2D eigenvalue weighted by Crippen LogP contribution is 2.30. The van der Waals surface area contributed by atoms with Gasteiger partial charge in [0.05, 0.1) is 0 Å². The summed E-state index contributed by atoms with van der Waals surface area (Å²) in [6.07, 6.45) is 0.780. The average Bonchev–Trinajstić information content (AvgIpc) is 2.59. The lowest BCUT2D eigenvalue weighted by atomic mass is 10.0. The highest BCUT2D eigenvalue weighted by atomic mass is 32.2. The smallest absolute Gasteiger partial charge is 0.223 e. The van der Waals surface area contributed by atoms with E-state index >= 15 is 0 Å². The van der Waals surface area contributed by atoms with E-state index < -0.39 is 16.2 Å². The molecule has 3 nitrogen and oxygen atoms in total. The van der Waals surface area contributed by atoms with Crippen LogP contribution in [0.4, 0.5) is 4.39 Å². The van der Waals surface area contributed by atoms with E-state index in [1.807, 2.05) is 0 Å². The quantitative estimate of drug-likeness (QED) is 0.778. The van der Waals surface area contributed by atoms with E-state index in [4.69, 9.17) is 0 Å². The highest BCUT2D eigenvalue weighted by molar-refractivity contribution is 7.72. The van der Waals surface area contributed by atoms with E-state index in [0.717, 1.165) is 0 Å². The van der Waals surface area contributed by atoms with Crippen LogP contribution in [0.1, 0.15) is 33.4 Å². The third kappa shape index (κ3) is 1.67. The molecule has 0 amide bonds. The van der Waals surface area contributed by atoms with Gasteiger partial charge in [-0.2, -0.15) is 0 Å². The molecule has 0 radical (unpaired) electrons. The SMILES string of the molecule is O=C1CCc2c1cccc2C(F)[SH](=O)=O. The van der Waals surface area contributed by atoms with Crippen molar-refractivity contribution in [3.05, 3.63) is 34.9 Å². The number of benzene rings is 1. The van der Waals surface area contributed by atoms with Crippen LogP contribution in [-0.2, 0) is 17.1 Å². The summed E-state index contributed by atoms with van der Waals surface area (Å²) >= 11 is 0. The van der Waals surface area contributed by atoms with E-state index in [0.29, 0.717) is 24.0 Å². The molecule has 0 N–H and O–H groups in total. The number of carbonyl (C=O) groups excluding carboxylic acids is 1. The van der Waals surface area contributed by atoms with E-state index in [1.54, 1.807) is 6.07 Å². The maximum absolute atomic E-state index is 13.3. The number of alkyl halides is 1. The first-order chi connectivity index (χ1) is 7.11. The summed E-state index contributed by atoms with van der Waals surface area (Å²) in [4.78, 5) is 11.3. The third-order valence-electron chi connectivity index (χ3n) is 2.56. The van der Waals surface area contributed by atoms with Crippen molar-refractivity contribution in [2.45, 2.75) is 18.3 Å². The maximum atomic E-state index is 13.3. The Morgan fingerprint density at radius 1 is 1.27 bits per heavy atom. The molecule has 0 heterocycles. The van der Waals surface area contributed by atoms with Gasteiger partial charge in [0.25, 0.3) is 0 Å². The van der Waals surface area contributed by atoms with Crippen LogP contribution in [0.15, 0.2) is 18.2 Å². The Morgan fingerprint density at radius 2 is 2.00 bits per heavy atom. The molecule has 1 aromatic carbocycles. The van der Waals surface area contributed by atoms with Gasteiger partial charge < -0.3 is 0 Å². The summed E-state index contributed by atoms with van der Waals surface area (Å²) in [5.41, 5.74) is -0.864. The Balaban J connectivity index is 2.56. The molecule has 5 heteroatoms. The van der Waals surface area contributed by atoms with Crippen LogP contribution >= 0.6 is 0 Å². The fourth-order valence-corrected chi connectivity index (χ4v) is 2.32. The van der Waals surface area contributed by atoms with E-state index in [9.17, 15) is 17.6 Å². The van der Waals surface area contributed by atoms with Crippen LogP contribution in [0.5, 0.6) is 0 Å². The summed E-state index contributed by atoms with van der Waals surface area (Å²) in [5.74, 6) is -0.0415. The van der Waals surface area contributed by atoms with Gasteiger partial charge in [-0.15, -0.1) is 0 Å². The van der Waals surface area contributed by atoms with Crippen molar-refractivity contribution in [1.29, 1.82) is 0 Å². The number of carbonyl (C=O) groups is 1. The second kappa shape index (κ2) is 3.73. The Kier molecular flexibility index (Phi) is 2.56. The van der Waals surface area contributed by atoms with Crippen LogP contribution < -0.4 is 0 Å². The van der Waals surface area contributed by atoms with Crippen LogP contribution in [-0.4, -0.2) is 14.2 Å². The number of ketones is 1. The molecule has 1 atom stereocenters. The first-order valence-corrected chi connectivity index (χ1v) is 5.78. The van der Waals surface area contributed by atoms with Gasteiger partial charge in [0, 0.05) is 17.5 Å². The summed E-state index contributed by atoms with van der Waals surface area (Å²) in [5, 5.41) is 0. The van der Waals surface area contributed by atoms with Crippen molar-refractivity contribution < 1.29 is 17.6 Å². The molecular formula is C10H9FO3S. The largest absolute Gasteiger partial charge is 0.294 e. The van der Waals surface area contributed by atoms with Gasteiger partial charge in [-0.1, -0.05) is 18.2 Å². The minimum atomic E-state index is -3.14. The highest BCUT2D eigenvalue weighted by Gasteiger charge is 2.26. The lowest BCUT2D eigenvalue weighted by Gasteiger charge is -2.07. The summed E-state index contributed by atoms with van der Waals surface area (Å²) < 4.78 is 34.4. The molecule has 15 heavy (non-hydrogen) atoms. The van der Waals surface area contributed by atoms with E-state index in [2.05, 4.69) is 0 Å². The maximum Gasteiger partial charge on any atom is 0.223 e. The molecule has 1 aliphatic rings. The van der Waals surface area contributed by atoms with Gasteiger partial charge >= 0.3 is 0 Å². The summed E-state index contributed by atoms with van der Waals surface area (Å²) in [7, 11) is -3.14. The summed E-state index contributed by atoms with van der Waals surface area (Å²) in [6, 6.07) is 4.55. The van der Waals surface area contributed by atoms with Crippen molar-refractivity contribution >= 4 is 16.5 Å². The first-order valence-electron chi connectivity index (χ1n) is 4.54. The van der Waals surface area contributed by atoms with Gasteiger partial charge in [0.2, 0.25) is 5.50 Å². The first kappa shape index (κ1) is 10.3. The standard InChI is InChI=1S/C10H9FO3S/c11-10(15(13)14)8-3-1-2-7-6(8)4-5-9(7)12/h1-3,10,15H,4-5H2. The molecular weight excluding hydrogens is 219 g/mol. The molecule has 1 aliphatic carbocycles. The van der Waals surface area contributed by atoms with Crippen molar-refractivity contribution in [3.8, 4) is 0 Å². The van der Waals surface area contributed by atoms with Crippen LogP contribution in [0.3, 0.4) is 0 Å². The molecule has 0 bridgehead atoms. The van der Waals surface area contributed by atoms with Crippen molar-refractivity contribution in [2.24, 2.45) is 0 Å². The number of Topliss-reactive ketones (excluding diaryl/α,β-unsaturated/α-hetero) is 1. The second-order valence-electron chi connectivity index (χ2n) is 3.42. The minimum Gasteiger partial charge on any atom is -0.294 e. The van der Waals surface area contributed by atoms with Crippen LogP contribution in [0.2, 0.25) is 0 Å². The number of hydrogen-bond acceptors (Lipinski definition) is 3. The van der Waals surface area contributed by atoms with Gasteiger partial charge in [0.15, 0.2) is 16.5 Å². The monoisotopic (exact) mass is 228 g/mol. The van der Waals surface area contributed by atoms with Gasteiger partial charge in [-0.05, 0) is 12.0 Å². The summed E-state index contributed by atoms with van der Waals surface area (Å²) in [6.45, 7) is 0. The molecule has 0 spiro atoms. The molecule has 0 fully saturated rings. The number of halogens is 1. The Morgan fingerprint density at radius 3 is 2.67 bits per heavy atom. The van der Waals surface area contributed by atoms with E-state index in [-0.39, 0.29) is 11.3 Å². The number of thiol groups is 1. The third-order valence-corrected chi connectivity index (χ3v) is 3.20. The predicted octanol–water partition coefficient (Wildman–Crippen LogP) is 1.39. The Labute approximate surface area is 87.9 Å². The topological polar surface area (TPSA) is 51.2 Å². The zero-order chi connectivity index (χ0) is 11.0. The molecule has 0 saturated heterocycles. The van der Waals surface area contributed by atoms with Crippen LogP contribution in [0, 0.1) is 0 Å². The van der Waals surface area contributed by atoms with Gasteiger partial charge in [0.1, 0.15) is 0 Å². The van der Waals surface area contributed by atoms with Crippen molar-refractivity contribution in [1.82, 2.24) is 0 Å². The molecule has 0 saturated carbocycles. The average molecular weight is 228 g/mol. The van der Waals surface area contributed by atoms with Gasteiger partial charge in [-0.25, -0.2) is 12.8 Å². The predicted molar refractivity (Wildman–Crippen MR) is 53.3 cm³/mol. The Hall–Kier alpha value is -1.23.